The molecule has 1 aliphatic heterocycles. The van der Waals surface area contributed by atoms with E-state index in [0.29, 0.717) is 12.5 Å². The van der Waals surface area contributed by atoms with Gasteiger partial charge in [-0.05, 0) is 38.0 Å². The van der Waals surface area contributed by atoms with Crippen LogP contribution >= 0.6 is 0 Å². The molecule has 2 atom stereocenters. The van der Waals surface area contributed by atoms with Gasteiger partial charge in [-0.3, -0.25) is 4.79 Å². The van der Waals surface area contributed by atoms with Gasteiger partial charge in [0.05, 0.1) is 6.04 Å². The standard InChI is InChI=1S/C11H19N3O3/c12-10(14-16)9(7-4-5-7)13-11(15)8-3-1-2-6-17-8/h7-9,16H,1-6H2,(H2,12,14)(H,13,15). The van der Waals surface area contributed by atoms with Crippen LogP contribution in [0.5, 0.6) is 0 Å². The molecular formula is C11H19N3O3. The zero-order valence-corrected chi connectivity index (χ0v) is 9.76. The van der Waals surface area contributed by atoms with Gasteiger partial charge in [0, 0.05) is 6.61 Å². The van der Waals surface area contributed by atoms with E-state index < -0.39 is 0 Å². The summed E-state index contributed by atoms with van der Waals surface area (Å²) in [5, 5.41) is 14.5. The van der Waals surface area contributed by atoms with Crippen molar-refractivity contribution in [1.29, 1.82) is 0 Å². The molecule has 1 saturated heterocycles. The summed E-state index contributed by atoms with van der Waals surface area (Å²) in [5.74, 6) is 0.239. The molecule has 2 rings (SSSR count). The summed E-state index contributed by atoms with van der Waals surface area (Å²) < 4.78 is 5.40. The topological polar surface area (TPSA) is 96.9 Å². The van der Waals surface area contributed by atoms with Gasteiger partial charge >= 0.3 is 0 Å². The van der Waals surface area contributed by atoms with E-state index in [1.165, 1.54) is 0 Å². The van der Waals surface area contributed by atoms with Gasteiger partial charge in [-0.25, -0.2) is 0 Å². The molecule has 17 heavy (non-hydrogen) atoms. The van der Waals surface area contributed by atoms with Gasteiger partial charge in [0.2, 0.25) is 5.91 Å². The highest BCUT2D eigenvalue weighted by molar-refractivity contribution is 5.91. The van der Waals surface area contributed by atoms with E-state index in [1.807, 2.05) is 0 Å². The molecule has 4 N–H and O–H groups in total. The molecule has 2 fully saturated rings. The lowest BCUT2D eigenvalue weighted by atomic mass is 10.1. The Kier molecular flexibility index (Phi) is 3.83. The molecule has 1 heterocycles. The highest BCUT2D eigenvalue weighted by atomic mass is 16.5. The molecule has 0 aromatic carbocycles. The Balaban J connectivity index is 1.90. The number of oxime groups is 1. The number of amidine groups is 1. The van der Waals surface area contributed by atoms with Crippen molar-refractivity contribution in [3.8, 4) is 0 Å². The second kappa shape index (κ2) is 5.35. The van der Waals surface area contributed by atoms with E-state index in [1.54, 1.807) is 0 Å². The zero-order valence-electron chi connectivity index (χ0n) is 9.76. The predicted octanol–water partition coefficient (Wildman–Crippen LogP) is 0.197. The minimum atomic E-state index is -0.378. The van der Waals surface area contributed by atoms with Crippen molar-refractivity contribution < 1.29 is 14.7 Å². The Morgan fingerprint density at radius 2 is 2.18 bits per heavy atom. The number of nitrogens with two attached hydrogens (primary N) is 1. The largest absolute Gasteiger partial charge is 0.409 e. The number of carbonyl (C=O) groups excluding carboxylic acids is 1. The molecule has 2 unspecified atom stereocenters. The van der Waals surface area contributed by atoms with E-state index in [9.17, 15) is 4.79 Å². The average molecular weight is 241 g/mol. The van der Waals surface area contributed by atoms with E-state index in [2.05, 4.69) is 10.5 Å². The second-order valence-corrected chi connectivity index (χ2v) is 4.70. The average Bonchev–Trinajstić information content (AvgIpc) is 3.20. The summed E-state index contributed by atoms with van der Waals surface area (Å²) in [7, 11) is 0. The van der Waals surface area contributed by atoms with Crippen LogP contribution in [-0.2, 0) is 9.53 Å². The molecule has 1 amide bonds. The third-order valence-electron chi connectivity index (χ3n) is 3.30. The lowest BCUT2D eigenvalue weighted by Crippen LogP contribution is -2.50. The molecule has 6 heteroatoms. The third-order valence-corrected chi connectivity index (χ3v) is 3.30. The van der Waals surface area contributed by atoms with E-state index in [4.69, 9.17) is 15.7 Å². The molecule has 0 radical (unpaired) electrons. The highest BCUT2D eigenvalue weighted by Gasteiger charge is 2.36. The van der Waals surface area contributed by atoms with Crippen LogP contribution < -0.4 is 11.1 Å². The Labute approximate surface area is 100 Å². The first-order valence-electron chi connectivity index (χ1n) is 6.11. The maximum Gasteiger partial charge on any atom is 0.249 e. The van der Waals surface area contributed by atoms with Crippen molar-refractivity contribution in [3.05, 3.63) is 0 Å². The second-order valence-electron chi connectivity index (χ2n) is 4.70. The number of ether oxygens (including phenoxy) is 1. The smallest absolute Gasteiger partial charge is 0.249 e. The summed E-state index contributed by atoms with van der Waals surface area (Å²) in [6.45, 7) is 0.635. The summed E-state index contributed by atoms with van der Waals surface area (Å²) >= 11 is 0. The fraction of sp³-hybridized carbons (Fsp3) is 0.818. The number of carbonyl (C=O) groups is 1. The van der Waals surface area contributed by atoms with Crippen molar-refractivity contribution in [1.82, 2.24) is 5.32 Å². The minimum Gasteiger partial charge on any atom is -0.409 e. The number of hydrogen-bond donors (Lipinski definition) is 3. The molecule has 96 valence electrons. The van der Waals surface area contributed by atoms with Crippen LogP contribution in [-0.4, -0.2) is 35.7 Å². The molecular weight excluding hydrogens is 222 g/mol. The normalized spacial score (nSPS) is 27.5. The van der Waals surface area contributed by atoms with Crippen molar-refractivity contribution in [2.24, 2.45) is 16.8 Å². The Morgan fingerprint density at radius 3 is 2.71 bits per heavy atom. The lowest BCUT2D eigenvalue weighted by Gasteiger charge is -2.24. The summed E-state index contributed by atoms with van der Waals surface area (Å²) in [6, 6.07) is -0.349. The fourth-order valence-electron chi connectivity index (χ4n) is 2.12. The highest BCUT2D eigenvalue weighted by Crippen LogP contribution is 2.32. The number of nitrogens with zero attached hydrogens (tertiary/aromatic N) is 1. The molecule has 0 aromatic rings. The van der Waals surface area contributed by atoms with Gasteiger partial charge in [0.1, 0.15) is 6.10 Å². The summed E-state index contributed by atoms with van der Waals surface area (Å²) in [5.41, 5.74) is 5.58. The maximum atomic E-state index is 11.9. The molecule has 6 nitrogen and oxygen atoms in total. The predicted molar refractivity (Wildman–Crippen MR) is 61.7 cm³/mol. The van der Waals surface area contributed by atoms with Crippen LogP contribution in [0.4, 0.5) is 0 Å². The van der Waals surface area contributed by atoms with Crippen molar-refractivity contribution in [2.45, 2.75) is 44.2 Å². The monoisotopic (exact) mass is 241 g/mol. The van der Waals surface area contributed by atoms with Crippen LogP contribution in [0, 0.1) is 5.92 Å². The molecule has 0 spiro atoms. The molecule has 2 aliphatic rings. The Bertz CT molecular complexity index is 309. The number of nitrogens with one attached hydrogen (secondary N) is 1. The number of hydrogen-bond acceptors (Lipinski definition) is 4. The van der Waals surface area contributed by atoms with E-state index in [0.717, 1.165) is 32.1 Å². The number of amides is 1. The first-order chi connectivity index (χ1) is 8.22. The zero-order chi connectivity index (χ0) is 12.3. The van der Waals surface area contributed by atoms with Gasteiger partial charge in [-0.1, -0.05) is 5.16 Å². The first kappa shape index (κ1) is 12.2. The molecule has 1 saturated carbocycles. The summed E-state index contributed by atoms with van der Waals surface area (Å²) in [6.07, 6.45) is 4.40. The Morgan fingerprint density at radius 1 is 1.41 bits per heavy atom. The van der Waals surface area contributed by atoms with Crippen molar-refractivity contribution in [2.75, 3.05) is 6.61 Å². The van der Waals surface area contributed by atoms with Crippen molar-refractivity contribution in [3.63, 3.8) is 0 Å². The number of rotatable bonds is 4. The molecule has 0 bridgehead atoms. The fourth-order valence-corrected chi connectivity index (χ4v) is 2.12. The lowest BCUT2D eigenvalue weighted by molar-refractivity contribution is -0.135. The van der Waals surface area contributed by atoms with Gasteiger partial charge in [0.15, 0.2) is 5.84 Å². The molecule has 1 aliphatic carbocycles. The van der Waals surface area contributed by atoms with Crippen LogP contribution in [0.3, 0.4) is 0 Å². The van der Waals surface area contributed by atoms with Gasteiger partial charge < -0.3 is 21.0 Å². The SMILES string of the molecule is NC(=NO)C(NC(=O)C1CCCCO1)C1CC1. The Hall–Kier alpha value is -1.30. The van der Waals surface area contributed by atoms with E-state index in [-0.39, 0.29) is 23.9 Å². The van der Waals surface area contributed by atoms with Crippen LogP contribution in [0.1, 0.15) is 32.1 Å². The van der Waals surface area contributed by atoms with Crippen LogP contribution in [0.25, 0.3) is 0 Å². The summed E-state index contributed by atoms with van der Waals surface area (Å²) in [4.78, 5) is 11.9. The van der Waals surface area contributed by atoms with Crippen LogP contribution in [0.15, 0.2) is 5.16 Å². The molecule has 0 aromatic heterocycles. The van der Waals surface area contributed by atoms with E-state index >= 15 is 0 Å². The third kappa shape index (κ3) is 3.09. The van der Waals surface area contributed by atoms with Gasteiger partial charge in [0.25, 0.3) is 0 Å². The van der Waals surface area contributed by atoms with Crippen molar-refractivity contribution >= 4 is 11.7 Å². The van der Waals surface area contributed by atoms with Gasteiger partial charge in [-0.2, -0.15) is 0 Å². The van der Waals surface area contributed by atoms with Crippen LogP contribution in [0.2, 0.25) is 0 Å². The minimum absolute atomic E-state index is 0.0802. The quantitative estimate of drug-likeness (QED) is 0.283. The first-order valence-corrected chi connectivity index (χ1v) is 6.11. The van der Waals surface area contributed by atoms with Gasteiger partial charge in [-0.15, -0.1) is 0 Å². The maximum absolute atomic E-state index is 11.9.